The number of halogens is 1. The quantitative estimate of drug-likeness (QED) is 0.174. The summed E-state index contributed by atoms with van der Waals surface area (Å²) in [5, 5.41) is 0. The molecule has 0 heterocycles. The summed E-state index contributed by atoms with van der Waals surface area (Å²) in [6.07, 6.45) is 15.1. The van der Waals surface area contributed by atoms with E-state index in [2.05, 4.69) is 19.2 Å². The number of rotatable bonds is 16. The van der Waals surface area contributed by atoms with Crippen LogP contribution in [0.15, 0.2) is 18.1 Å². The fourth-order valence-corrected chi connectivity index (χ4v) is 2.38. The van der Waals surface area contributed by atoms with E-state index < -0.39 is 0 Å². The number of hydrogen-bond acceptors (Lipinski definition) is 1. The predicted octanol–water partition coefficient (Wildman–Crippen LogP) is 6.73. The van der Waals surface area contributed by atoms with E-state index in [4.69, 9.17) is 4.74 Å². The van der Waals surface area contributed by atoms with Gasteiger partial charge in [0.2, 0.25) is 0 Å². The normalized spacial score (nSPS) is 10.4. The van der Waals surface area contributed by atoms with Gasteiger partial charge in [0.25, 0.3) is 0 Å². The van der Waals surface area contributed by atoms with Gasteiger partial charge in [0.1, 0.15) is 5.76 Å². The molecule has 0 aromatic heterocycles. The van der Waals surface area contributed by atoms with Gasteiger partial charge in [0.05, 0.1) is 13.3 Å². The highest BCUT2D eigenvalue weighted by Gasteiger charge is 1.99. The Kier molecular flexibility index (Phi) is 16.7. The van der Waals surface area contributed by atoms with Gasteiger partial charge in [-0.05, 0) is 19.3 Å². The SMILES string of the molecule is C=C=C(CCCCCCCF)OCCCCCCCCC. The van der Waals surface area contributed by atoms with Crippen molar-refractivity contribution < 1.29 is 9.13 Å². The maximum absolute atomic E-state index is 11.9. The van der Waals surface area contributed by atoms with Crippen molar-refractivity contribution in [2.75, 3.05) is 13.3 Å². The number of hydrogen-bond donors (Lipinski definition) is 0. The van der Waals surface area contributed by atoms with Crippen molar-refractivity contribution >= 4 is 0 Å². The minimum atomic E-state index is -0.181. The Morgan fingerprint density at radius 3 is 2.05 bits per heavy atom. The Bertz CT molecular complexity index is 256. The number of unbranched alkanes of at least 4 members (excludes halogenated alkanes) is 10. The van der Waals surface area contributed by atoms with E-state index >= 15 is 0 Å². The van der Waals surface area contributed by atoms with E-state index in [-0.39, 0.29) is 6.67 Å². The molecule has 0 aromatic carbocycles. The molecule has 0 saturated carbocycles. The fourth-order valence-electron chi connectivity index (χ4n) is 2.38. The molecular formula is C19H35FO. The molecule has 0 fully saturated rings. The molecule has 0 saturated heterocycles. The third-order valence-corrected chi connectivity index (χ3v) is 3.76. The van der Waals surface area contributed by atoms with Gasteiger partial charge >= 0.3 is 0 Å². The van der Waals surface area contributed by atoms with Gasteiger partial charge < -0.3 is 4.74 Å². The zero-order chi connectivity index (χ0) is 15.6. The summed E-state index contributed by atoms with van der Waals surface area (Å²) in [6.45, 7) is 6.57. The first kappa shape index (κ1) is 20.2. The molecule has 0 unspecified atom stereocenters. The molecule has 0 amide bonds. The van der Waals surface area contributed by atoms with Crippen molar-refractivity contribution in [1.82, 2.24) is 0 Å². The molecule has 21 heavy (non-hydrogen) atoms. The predicted molar refractivity (Wildman–Crippen MR) is 90.3 cm³/mol. The summed E-state index contributed by atoms with van der Waals surface area (Å²) >= 11 is 0. The molecule has 0 atom stereocenters. The van der Waals surface area contributed by atoms with Gasteiger partial charge in [0, 0.05) is 6.42 Å². The Labute approximate surface area is 131 Å². The van der Waals surface area contributed by atoms with Crippen molar-refractivity contribution in [2.45, 2.75) is 90.4 Å². The molecule has 0 aliphatic heterocycles. The van der Waals surface area contributed by atoms with Crippen LogP contribution in [0.4, 0.5) is 4.39 Å². The second kappa shape index (κ2) is 17.3. The van der Waals surface area contributed by atoms with E-state index in [1.807, 2.05) is 0 Å². The van der Waals surface area contributed by atoms with E-state index in [1.165, 1.54) is 38.5 Å². The van der Waals surface area contributed by atoms with Gasteiger partial charge in [-0.3, -0.25) is 4.39 Å². The molecule has 2 heteroatoms. The zero-order valence-corrected chi connectivity index (χ0v) is 14.1. The van der Waals surface area contributed by atoms with Crippen LogP contribution in [0.25, 0.3) is 0 Å². The van der Waals surface area contributed by atoms with Crippen molar-refractivity contribution in [1.29, 1.82) is 0 Å². The molecular weight excluding hydrogens is 263 g/mol. The molecule has 0 radical (unpaired) electrons. The molecule has 0 aromatic rings. The summed E-state index contributed by atoms with van der Waals surface area (Å²) in [7, 11) is 0. The molecule has 0 aliphatic carbocycles. The van der Waals surface area contributed by atoms with Crippen molar-refractivity contribution in [3.63, 3.8) is 0 Å². The summed E-state index contributed by atoms with van der Waals surface area (Å²) in [4.78, 5) is 0. The molecule has 1 nitrogen and oxygen atoms in total. The van der Waals surface area contributed by atoms with Gasteiger partial charge in [-0.2, -0.15) is 0 Å². The summed E-state index contributed by atoms with van der Waals surface area (Å²) < 4.78 is 17.7. The first-order valence-electron chi connectivity index (χ1n) is 8.92. The fraction of sp³-hybridized carbons (Fsp3) is 0.842. The van der Waals surface area contributed by atoms with Crippen LogP contribution >= 0.6 is 0 Å². The first-order chi connectivity index (χ1) is 10.3. The summed E-state index contributed by atoms with van der Waals surface area (Å²) in [6, 6.07) is 0. The maximum Gasteiger partial charge on any atom is 0.137 e. The van der Waals surface area contributed by atoms with Crippen LogP contribution in [0.3, 0.4) is 0 Å². The van der Waals surface area contributed by atoms with Crippen LogP contribution in [-0.2, 0) is 4.74 Å². The van der Waals surface area contributed by atoms with Crippen molar-refractivity contribution in [2.24, 2.45) is 0 Å². The average Bonchev–Trinajstić information content (AvgIpc) is 2.51. The molecule has 124 valence electrons. The standard InChI is InChI=1S/C19H35FO/c1-3-5-6-7-8-12-15-18-21-19(4-2)16-13-10-9-11-14-17-20/h2-3,5-18H2,1H3. The molecule has 0 bridgehead atoms. The van der Waals surface area contributed by atoms with Crippen LogP contribution in [0.1, 0.15) is 90.4 Å². The number of alkyl halides is 1. The monoisotopic (exact) mass is 298 g/mol. The van der Waals surface area contributed by atoms with Crippen LogP contribution in [0, 0.1) is 0 Å². The topological polar surface area (TPSA) is 9.23 Å². The van der Waals surface area contributed by atoms with Gasteiger partial charge in [-0.15, -0.1) is 0 Å². The van der Waals surface area contributed by atoms with E-state index in [9.17, 15) is 4.39 Å². The lowest BCUT2D eigenvalue weighted by molar-refractivity contribution is 0.194. The highest BCUT2D eigenvalue weighted by atomic mass is 19.1. The molecule has 0 rings (SSSR count). The van der Waals surface area contributed by atoms with Crippen molar-refractivity contribution in [3.8, 4) is 0 Å². The zero-order valence-electron chi connectivity index (χ0n) is 14.1. The van der Waals surface area contributed by atoms with Gasteiger partial charge in [-0.1, -0.05) is 77.0 Å². The van der Waals surface area contributed by atoms with Crippen LogP contribution < -0.4 is 0 Å². The molecule has 0 aliphatic rings. The largest absolute Gasteiger partial charge is 0.490 e. The smallest absolute Gasteiger partial charge is 0.137 e. The lowest BCUT2D eigenvalue weighted by Gasteiger charge is -2.08. The summed E-state index contributed by atoms with van der Waals surface area (Å²) in [5.41, 5.74) is 2.91. The minimum Gasteiger partial charge on any atom is -0.490 e. The second-order valence-electron chi connectivity index (χ2n) is 5.78. The second-order valence-corrected chi connectivity index (χ2v) is 5.78. The minimum absolute atomic E-state index is 0.181. The van der Waals surface area contributed by atoms with Crippen LogP contribution in [0.5, 0.6) is 0 Å². The average molecular weight is 298 g/mol. The number of allylic oxidation sites excluding steroid dienone is 1. The first-order valence-corrected chi connectivity index (χ1v) is 8.92. The highest BCUT2D eigenvalue weighted by Crippen LogP contribution is 2.13. The lowest BCUT2D eigenvalue weighted by atomic mass is 10.1. The van der Waals surface area contributed by atoms with Crippen molar-refractivity contribution in [3.05, 3.63) is 18.1 Å². The van der Waals surface area contributed by atoms with Gasteiger partial charge in [-0.25, -0.2) is 0 Å². The van der Waals surface area contributed by atoms with Crippen LogP contribution in [-0.4, -0.2) is 13.3 Å². The third kappa shape index (κ3) is 15.5. The van der Waals surface area contributed by atoms with Gasteiger partial charge in [0.15, 0.2) is 0 Å². The Morgan fingerprint density at radius 2 is 1.43 bits per heavy atom. The Balaban J connectivity index is 3.36. The third-order valence-electron chi connectivity index (χ3n) is 3.76. The lowest BCUT2D eigenvalue weighted by Crippen LogP contribution is -1.95. The van der Waals surface area contributed by atoms with E-state index in [0.29, 0.717) is 6.42 Å². The Morgan fingerprint density at radius 1 is 0.857 bits per heavy atom. The Hall–Kier alpha value is -0.750. The van der Waals surface area contributed by atoms with Crippen LogP contribution in [0.2, 0.25) is 0 Å². The molecule has 0 spiro atoms. The van der Waals surface area contributed by atoms with E-state index in [1.54, 1.807) is 0 Å². The highest BCUT2D eigenvalue weighted by molar-refractivity contribution is 4.88. The maximum atomic E-state index is 11.9. The van der Waals surface area contributed by atoms with E-state index in [0.717, 1.165) is 50.9 Å². The molecule has 0 N–H and O–H groups in total. The number of ether oxygens (including phenoxy) is 1. The summed E-state index contributed by atoms with van der Waals surface area (Å²) in [5.74, 6) is 0.909.